The number of aliphatic hydroxyl groups excluding tert-OH is 1. The first kappa shape index (κ1) is 23.9. The highest BCUT2D eigenvalue weighted by atomic mass is 35.5. The highest BCUT2D eigenvalue weighted by Crippen LogP contribution is 2.29. The van der Waals surface area contributed by atoms with Crippen LogP contribution in [0.25, 0.3) is 16.8 Å². The number of halogens is 2. The van der Waals surface area contributed by atoms with Crippen molar-refractivity contribution in [2.45, 2.75) is 18.7 Å². The summed E-state index contributed by atoms with van der Waals surface area (Å²) in [4.78, 5) is 13.2. The van der Waals surface area contributed by atoms with Crippen molar-refractivity contribution in [3.63, 3.8) is 0 Å². The standard InChI is InChI=1S/C21H21ClFN3O5S/c1-21(2,11-27)12-31-19-16(13-3-6-15(7-4-13)32(24,29)30)10-25-26(20(19)28)14-5-8-18(23)17(22)9-14/h3-10,27H,11-12H2,1-2H3,(H2,24,29,30). The Morgan fingerprint density at radius 2 is 1.88 bits per heavy atom. The van der Waals surface area contributed by atoms with Gasteiger partial charge in [-0.05, 0) is 35.9 Å². The molecule has 0 unspecified atom stereocenters. The molecule has 3 aromatic rings. The normalized spacial score (nSPS) is 12.1. The van der Waals surface area contributed by atoms with Gasteiger partial charge in [0.1, 0.15) is 5.82 Å². The molecule has 170 valence electrons. The monoisotopic (exact) mass is 481 g/mol. The Hall–Kier alpha value is -2.79. The molecule has 11 heteroatoms. The quantitative estimate of drug-likeness (QED) is 0.534. The first-order valence-corrected chi connectivity index (χ1v) is 11.3. The molecular weight excluding hydrogens is 461 g/mol. The molecule has 0 spiro atoms. The van der Waals surface area contributed by atoms with Crippen LogP contribution in [0.4, 0.5) is 4.39 Å². The van der Waals surface area contributed by atoms with Gasteiger partial charge in [0.2, 0.25) is 10.0 Å². The Morgan fingerprint density at radius 1 is 1.22 bits per heavy atom. The van der Waals surface area contributed by atoms with Crippen LogP contribution in [0, 0.1) is 11.2 Å². The molecule has 0 fully saturated rings. The largest absolute Gasteiger partial charge is 0.487 e. The number of primary sulfonamides is 1. The molecular formula is C21H21ClFN3O5S. The fourth-order valence-electron chi connectivity index (χ4n) is 2.72. The number of rotatable bonds is 7. The first-order chi connectivity index (χ1) is 14.9. The Kier molecular flexibility index (Phi) is 6.70. The smallest absolute Gasteiger partial charge is 0.314 e. The fourth-order valence-corrected chi connectivity index (χ4v) is 3.41. The van der Waals surface area contributed by atoms with Crippen molar-refractivity contribution in [3.05, 3.63) is 69.9 Å². The van der Waals surface area contributed by atoms with E-state index in [2.05, 4.69) is 5.10 Å². The third-order valence-corrected chi connectivity index (χ3v) is 5.83. The van der Waals surface area contributed by atoms with Gasteiger partial charge in [-0.1, -0.05) is 37.6 Å². The Morgan fingerprint density at radius 3 is 2.44 bits per heavy atom. The van der Waals surface area contributed by atoms with E-state index >= 15 is 0 Å². The molecule has 1 heterocycles. The van der Waals surface area contributed by atoms with E-state index < -0.39 is 26.8 Å². The summed E-state index contributed by atoms with van der Waals surface area (Å²) in [5.41, 5.74) is -0.301. The van der Waals surface area contributed by atoms with Gasteiger partial charge in [0, 0.05) is 11.0 Å². The molecule has 0 radical (unpaired) electrons. The number of nitrogens with two attached hydrogens (primary N) is 1. The molecule has 0 aliphatic carbocycles. The number of benzene rings is 2. The van der Waals surface area contributed by atoms with Crippen LogP contribution in [0.3, 0.4) is 0 Å². The second-order valence-corrected chi connectivity index (χ2v) is 9.85. The van der Waals surface area contributed by atoms with Gasteiger partial charge in [-0.2, -0.15) is 9.78 Å². The minimum Gasteiger partial charge on any atom is -0.487 e. The SMILES string of the molecule is CC(C)(CO)COc1c(-c2ccc(S(N)(=O)=O)cc2)cnn(-c2ccc(F)c(Cl)c2)c1=O. The van der Waals surface area contributed by atoms with Gasteiger partial charge < -0.3 is 9.84 Å². The molecule has 0 saturated carbocycles. The predicted octanol–water partition coefficient (Wildman–Crippen LogP) is 2.74. The highest BCUT2D eigenvalue weighted by molar-refractivity contribution is 7.89. The molecule has 0 atom stereocenters. The van der Waals surface area contributed by atoms with Crippen LogP contribution in [0.2, 0.25) is 5.02 Å². The minimum absolute atomic E-state index is 0.00912. The van der Waals surface area contributed by atoms with Crippen LogP contribution in [0.1, 0.15) is 13.8 Å². The Labute approximate surface area is 189 Å². The molecule has 0 aliphatic rings. The van der Waals surface area contributed by atoms with Crippen molar-refractivity contribution < 1.29 is 22.7 Å². The summed E-state index contributed by atoms with van der Waals surface area (Å²) in [6.07, 6.45) is 1.37. The second kappa shape index (κ2) is 8.99. The third-order valence-electron chi connectivity index (χ3n) is 4.61. The molecule has 3 N–H and O–H groups in total. The lowest BCUT2D eigenvalue weighted by atomic mass is 9.96. The van der Waals surface area contributed by atoms with Gasteiger partial charge in [-0.15, -0.1) is 0 Å². The van der Waals surface area contributed by atoms with Crippen LogP contribution in [-0.2, 0) is 10.0 Å². The second-order valence-electron chi connectivity index (χ2n) is 7.88. The van der Waals surface area contributed by atoms with Crippen molar-refractivity contribution in [1.82, 2.24) is 9.78 Å². The van der Waals surface area contributed by atoms with Crippen molar-refractivity contribution in [1.29, 1.82) is 0 Å². The van der Waals surface area contributed by atoms with E-state index in [4.69, 9.17) is 21.5 Å². The molecule has 8 nitrogen and oxygen atoms in total. The zero-order chi connectivity index (χ0) is 23.7. The Bertz CT molecular complexity index is 1310. The number of aromatic nitrogens is 2. The van der Waals surface area contributed by atoms with Crippen molar-refractivity contribution in [2.24, 2.45) is 10.6 Å². The van der Waals surface area contributed by atoms with Crippen molar-refractivity contribution in [3.8, 4) is 22.6 Å². The highest BCUT2D eigenvalue weighted by Gasteiger charge is 2.22. The van der Waals surface area contributed by atoms with E-state index in [1.54, 1.807) is 13.8 Å². The average molecular weight is 482 g/mol. The first-order valence-electron chi connectivity index (χ1n) is 9.37. The van der Waals surface area contributed by atoms with Gasteiger partial charge in [-0.3, -0.25) is 4.79 Å². The molecule has 0 amide bonds. The summed E-state index contributed by atoms with van der Waals surface area (Å²) < 4.78 is 43.4. The number of aliphatic hydroxyl groups is 1. The van der Waals surface area contributed by atoms with Gasteiger partial charge in [-0.25, -0.2) is 17.9 Å². The fraction of sp³-hybridized carbons (Fsp3) is 0.238. The maximum absolute atomic E-state index is 13.5. The lowest BCUT2D eigenvalue weighted by Crippen LogP contribution is -2.29. The molecule has 0 bridgehead atoms. The summed E-state index contributed by atoms with van der Waals surface area (Å²) in [5, 5.41) is 18.6. The van der Waals surface area contributed by atoms with Crippen LogP contribution >= 0.6 is 11.6 Å². The van der Waals surface area contributed by atoms with E-state index in [9.17, 15) is 22.7 Å². The van der Waals surface area contributed by atoms with Crippen LogP contribution < -0.4 is 15.4 Å². The number of sulfonamides is 1. The lowest BCUT2D eigenvalue weighted by Gasteiger charge is -2.22. The van der Waals surface area contributed by atoms with E-state index in [1.807, 2.05) is 0 Å². The molecule has 2 aromatic carbocycles. The van der Waals surface area contributed by atoms with E-state index in [0.717, 1.165) is 10.7 Å². The van der Waals surface area contributed by atoms with Crippen LogP contribution in [0.15, 0.2) is 58.4 Å². The van der Waals surface area contributed by atoms with Gasteiger partial charge in [0.05, 0.1) is 35.0 Å². The summed E-state index contributed by atoms with van der Waals surface area (Å²) in [6.45, 7) is 3.34. The molecule has 0 saturated heterocycles. The topological polar surface area (TPSA) is 125 Å². The summed E-state index contributed by atoms with van der Waals surface area (Å²) in [7, 11) is -3.89. The van der Waals surface area contributed by atoms with Crippen molar-refractivity contribution in [2.75, 3.05) is 13.2 Å². The van der Waals surface area contributed by atoms with Crippen LogP contribution in [0.5, 0.6) is 5.75 Å². The number of hydrogen-bond donors (Lipinski definition) is 2. The average Bonchev–Trinajstić information content (AvgIpc) is 2.74. The number of nitrogens with zero attached hydrogens (tertiary/aromatic N) is 2. The third kappa shape index (κ3) is 5.16. The summed E-state index contributed by atoms with van der Waals surface area (Å²) in [5.74, 6) is -0.721. The van der Waals surface area contributed by atoms with Crippen LogP contribution in [-0.4, -0.2) is 36.5 Å². The van der Waals surface area contributed by atoms with Gasteiger partial charge in [0.25, 0.3) is 0 Å². The summed E-state index contributed by atoms with van der Waals surface area (Å²) in [6, 6.07) is 9.26. The number of ether oxygens (including phenoxy) is 1. The zero-order valence-electron chi connectivity index (χ0n) is 17.2. The maximum Gasteiger partial charge on any atom is 0.314 e. The van der Waals surface area contributed by atoms with Gasteiger partial charge in [0.15, 0.2) is 5.75 Å². The molecule has 1 aromatic heterocycles. The minimum atomic E-state index is -3.89. The lowest BCUT2D eigenvalue weighted by molar-refractivity contribution is 0.0968. The van der Waals surface area contributed by atoms with Gasteiger partial charge >= 0.3 is 5.56 Å². The zero-order valence-corrected chi connectivity index (χ0v) is 18.8. The number of hydrogen-bond acceptors (Lipinski definition) is 6. The predicted molar refractivity (Wildman–Crippen MR) is 118 cm³/mol. The maximum atomic E-state index is 13.5. The molecule has 3 rings (SSSR count). The summed E-state index contributed by atoms with van der Waals surface area (Å²) >= 11 is 5.84. The van der Waals surface area contributed by atoms with Crippen molar-refractivity contribution >= 4 is 21.6 Å². The van der Waals surface area contributed by atoms with E-state index in [1.165, 1.54) is 42.6 Å². The molecule has 32 heavy (non-hydrogen) atoms. The van der Waals surface area contributed by atoms with E-state index in [0.29, 0.717) is 11.1 Å². The Balaban J connectivity index is 2.15. The van der Waals surface area contributed by atoms with E-state index in [-0.39, 0.29) is 34.6 Å². The molecule has 0 aliphatic heterocycles.